The van der Waals surface area contributed by atoms with E-state index in [0.717, 1.165) is 49.3 Å². The minimum Gasteiger partial charge on any atom is -0.390 e. The van der Waals surface area contributed by atoms with E-state index in [1.54, 1.807) is 17.8 Å². The van der Waals surface area contributed by atoms with Gasteiger partial charge < -0.3 is 10.0 Å². The Morgan fingerprint density at radius 2 is 2.04 bits per heavy atom. The van der Waals surface area contributed by atoms with E-state index in [-0.39, 0.29) is 11.9 Å². The molecule has 26 heavy (non-hydrogen) atoms. The Bertz CT molecular complexity index is 697. The summed E-state index contributed by atoms with van der Waals surface area (Å²) in [5.74, 6) is 2.45. The van der Waals surface area contributed by atoms with E-state index < -0.39 is 5.60 Å². The molecule has 0 radical (unpaired) electrons. The summed E-state index contributed by atoms with van der Waals surface area (Å²) in [7, 11) is 1.93. The lowest BCUT2D eigenvalue weighted by atomic mass is 9.52. The molecule has 4 aliphatic rings. The van der Waals surface area contributed by atoms with Crippen molar-refractivity contribution in [3.63, 3.8) is 0 Å². The van der Waals surface area contributed by atoms with Gasteiger partial charge in [-0.1, -0.05) is 18.5 Å². The van der Waals surface area contributed by atoms with Crippen LogP contribution in [0.1, 0.15) is 55.8 Å². The fraction of sp³-hybridized carbons (Fsp3) is 0.700. The quantitative estimate of drug-likeness (QED) is 0.599. The van der Waals surface area contributed by atoms with Crippen molar-refractivity contribution in [1.29, 1.82) is 0 Å². The highest BCUT2D eigenvalue weighted by molar-refractivity contribution is 7.99. The smallest absolute Gasteiger partial charge is 0.256 e. The normalized spacial score (nSPS) is 34.9. The second-order valence-corrected chi connectivity index (χ2v) is 9.91. The van der Waals surface area contributed by atoms with Gasteiger partial charge in [0.25, 0.3) is 5.91 Å². The number of hydrogen-bond acceptors (Lipinski definition) is 4. The Hall–Kier alpha value is -0.780. The van der Waals surface area contributed by atoms with E-state index in [9.17, 15) is 9.90 Å². The maximum absolute atomic E-state index is 13.3. The monoisotopic (exact) mass is 394 g/mol. The van der Waals surface area contributed by atoms with Crippen molar-refractivity contribution in [1.82, 2.24) is 9.88 Å². The van der Waals surface area contributed by atoms with Crippen LogP contribution in [0.2, 0.25) is 5.15 Å². The number of thioether (sulfide) groups is 1. The van der Waals surface area contributed by atoms with Crippen molar-refractivity contribution >= 4 is 29.3 Å². The molecular weight excluding hydrogens is 368 g/mol. The van der Waals surface area contributed by atoms with Crippen LogP contribution >= 0.6 is 23.4 Å². The maximum atomic E-state index is 13.3. The zero-order valence-electron chi connectivity index (χ0n) is 15.4. The lowest BCUT2D eigenvalue weighted by Crippen LogP contribution is -2.61. The largest absolute Gasteiger partial charge is 0.390 e. The van der Waals surface area contributed by atoms with Crippen molar-refractivity contribution < 1.29 is 9.90 Å². The second-order valence-electron chi connectivity index (χ2n) is 8.44. The number of carbonyl (C=O) groups excluding carboxylic acids is 1. The molecule has 1 heterocycles. The zero-order chi connectivity index (χ0) is 18.5. The Labute approximate surface area is 164 Å². The van der Waals surface area contributed by atoms with E-state index >= 15 is 0 Å². The molecule has 0 aliphatic heterocycles. The van der Waals surface area contributed by atoms with Gasteiger partial charge in [-0.15, -0.1) is 11.8 Å². The predicted octanol–water partition coefficient (Wildman–Crippen LogP) is 4.25. The zero-order valence-corrected chi connectivity index (χ0v) is 17.0. The molecule has 5 rings (SSSR count). The minimum atomic E-state index is -0.471. The highest BCUT2D eigenvalue weighted by Crippen LogP contribution is 2.56. The molecule has 142 valence electrons. The highest BCUT2D eigenvalue weighted by atomic mass is 35.5. The number of hydrogen-bond donors (Lipinski definition) is 1. The number of halogens is 1. The SMILES string of the molecule is CCCSc1nc(Cl)ccc1C(=O)N(C)C1C2CC3CC1CC(O)(C3)C2. The number of nitrogens with zero attached hydrogens (tertiary/aromatic N) is 2. The summed E-state index contributed by atoms with van der Waals surface area (Å²) >= 11 is 7.66. The minimum absolute atomic E-state index is 0.0391. The first-order valence-corrected chi connectivity index (χ1v) is 11.1. The predicted molar refractivity (Wildman–Crippen MR) is 105 cm³/mol. The van der Waals surface area contributed by atoms with Crippen molar-refractivity contribution in [2.45, 2.75) is 62.1 Å². The molecule has 6 heteroatoms. The van der Waals surface area contributed by atoms with E-state index in [2.05, 4.69) is 11.9 Å². The summed E-state index contributed by atoms with van der Waals surface area (Å²) in [6.07, 6.45) is 5.98. The fourth-order valence-corrected chi connectivity index (χ4v) is 6.87. The first-order valence-electron chi connectivity index (χ1n) is 9.69. The van der Waals surface area contributed by atoms with E-state index in [0.29, 0.717) is 28.5 Å². The Kier molecular flexibility index (Phi) is 4.99. The molecule has 1 aromatic rings. The molecule has 1 amide bonds. The summed E-state index contributed by atoms with van der Waals surface area (Å²) < 4.78 is 0. The molecule has 2 atom stereocenters. The average molecular weight is 395 g/mol. The molecular formula is C20H27ClN2O2S. The summed E-state index contributed by atoms with van der Waals surface area (Å²) in [5, 5.41) is 12.0. The average Bonchev–Trinajstić information content (AvgIpc) is 2.57. The van der Waals surface area contributed by atoms with Gasteiger partial charge in [0.15, 0.2) is 0 Å². The van der Waals surface area contributed by atoms with Gasteiger partial charge in [-0.2, -0.15) is 0 Å². The van der Waals surface area contributed by atoms with Crippen LogP contribution < -0.4 is 0 Å². The van der Waals surface area contributed by atoms with Gasteiger partial charge in [-0.3, -0.25) is 4.79 Å². The van der Waals surface area contributed by atoms with Gasteiger partial charge in [-0.25, -0.2) is 4.98 Å². The molecule has 1 N–H and O–H groups in total. The van der Waals surface area contributed by atoms with Gasteiger partial charge in [0.05, 0.1) is 11.2 Å². The first-order chi connectivity index (χ1) is 12.4. The van der Waals surface area contributed by atoms with Crippen molar-refractivity contribution in [2.75, 3.05) is 12.8 Å². The Balaban J connectivity index is 1.57. The van der Waals surface area contributed by atoms with Crippen LogP contribution in [-0.4, -0.2) is 45.3 Å². The molecule has 4 saturated carbocycles. The third-order valence-electron chi connectivity index (χ3n) is 6.46. The van der Waals surface area contributed by atoms with Gasteiger partial charge in [0.2, 0.25) is 0 Å². The third-order valence-corrected chi connectivity index (χ3v) is 7.87. The molecule has 4 bridgehead atoms. The van der Waals surface area contributed by atoms with Gasteiger partial charge >= 0.3 is 0 Å². The van der Waals surface area contributed by atoms with E-state index in [1.165, 1.54) is 0 Å². The first kappa shape index (κ1) is 18.6. The van der Waals surface area contributed by atoms with E-state index in [4.69, 9.17) is 11.6 Å². The number of carbonyl (C=O) groups is 1. The molecule has 4 fully saturated rings. The molecule has 4 nitrogen and oxygen atoms in total. The standard InChI is InChI=1S/C20H27ClN2O2S/c1-3-6-26-18-15(4-5-16(21)22-18)19(24)23(2)17-13-7-12-8-14(17)11-20(25,9-12)10-13/h4-5,12-14,17,25H,3,6-11H2,1-2H3. The Morgan fingerprint density at radius 1 is 1.35 bits per heavy atom. The summed E-state index contributed by atoms with van der Waals surface area (Å²) in [4.78, 5) is 19.7. The van der Waals surface area contributed by atoms with Crippen molar-refractivity contribution in [2.24, 2.45) is 17.8 Å². The third kappa shape index (κ3) is 3.27. The van der Waals surface area contributed by atoms with Crippen LogP contribution in [0.15, 0.2) is 17.2 Å². The number of pyridine rings is 1. The van der Waals surface area contributed by atoms with Crippen LogP contribution in [0, 0.1) is 17.8 Å². The number of aromatic nitrogens is 1. The molecule has 4 aliphatic carbocycles. The second kappa shape index (κ2) is 6.99. The maximum Gasteiger partial charge on any atom is 0.256 e. The van der Waals surface area contributed by atoms with Gasteiger partial charge in [-0.05, 0) is 74.2 Å². The van der Waals surface area contributed by atoms with Crippen molar-refractivity contribution in [3.05, 3.63) is 22.8 Å². The van der Waals surface area contributed by atoms with Crippen LogP contribution in [0.25, 0.3) is 0 Å². The van der Waals surface area contributed by atoms with E-state index in [1.807, 2.05) is 18.0 Å². The van der Waals surface area contributed by atoms with Crippen LogP contribution in [0.5, 0.6) is 0 Å². The summed E-state index contributed by atoms with van der Waals surface area (Å²) in [6, 6.07) is 3.76. The summed E-state index contributed by atoms with van der Waals surface area (Å²) in [6.45, 7) is 2.12. The van der Waals surface area contributed by atoms with Crippen LogP contribution in [0.4, 0.5) is 0 Å². The number of rotatable bonds is 5. The molecule has 1 aromatic heterocycles. The van der Waals surface area contributed by atoms with Gasteiger partial charge in [0, 0.05) is 13.1 Å². The Morgan fingerprint density at radius 3 is 2.65 bits per heavy atom. The van der Waals surface area contributed by atoms with Crippen molar-refractivity contribution in [3.8, 4) is 0 Å². The fourth-order valence-electron chi connectivity index (χ4n) is 5.80. The number of aliphatic hydroxyl groups is 1. The molecule has 0 spiro atoms. The number of amides is 1. The molecule has 0 saturated heterocycles. The lowest BCUT2D eigenvalue weighted by molar-refractivity contribution is -0.152. The topological polar surface area (TPSA) is 53.4 Å². The van der Waals surface area contributed by atoms with Gasteiger partial charge in [0.1, 0.15) is 10.2 Å². The molecule has 0 aromatic carbocycles. The lowest BCUT2D eigenvalue weighted by Gasteiger charge is -2.59. The molecule has 2 unspecified atom stereocenters. The van der Waals surface area contributed by atoms with Crippen LogP contribution in [0.3, 0.4) is 0 Å². The van der Waals surface area contributed by atoms with Crippen LogP contribution in [-0.2, 0) is 0 Å². The highest BCUT2D eigenvalue weighted by Gasteiger charge is 2.56. The summed E-state index contributed by atoms with van der Waals surface area (Å²) in [5.41, 5.74) is 0.184.